The zero-order valence-electron chi connectivity index (χ0n) is 13.4. The van der Waals surface area contributed by atoms with Crippen molar-refractivity contribution in [3.8, 4) is 0 Å². The first-order valence-corrected chi connectivity index (χ1v) is 9.09. The van der Waals surface area contributed by atoms with E-state index in [-0.39, 0.29) is 6.61 Å². The minimum atomic E-state index is 0.0227. The van der Waals surface area contributed by atoms with Crippen molar-refractivity contribution in [2.45, 2.75) is 12.3 Å². The average Bonchev–Trinajstić information content (AvgIpc) is 2.82. The number of fused-ring (bicyclic) bond motifs is 1. The van der Waals surface area contributed by atoms with Crippen LogP contribution in [-0.4, -0.2) is 18.4 Å². The Morgan fingerprint density at radius 3 is 2.83 bits per heavy atom. The third-order valence-electron chi connectivity index (χ3n) is 3.17. The Hall–Kier alpha value is -1.47. The van der Waals surface area contributed by atoms with E-state index in [9.17, 15) is 0 Å². The molecule has 0 saturated heterocycles. The molecule has 0 radical (unpaired) electrons. The molecule has 122 valence electrons. The third-order valence-corrected chi connectivity index (χ3v) is 3.48. The molecule has 1 aromatic rings. The number of allylic oxidation sites excluding steroid dienone is 4. The van der Waals surface area contributed by atoms with Gasteiger partial charge in [-0.1, -0.05) is 55.8 Å². The van der Waals surface area contributed by atoms with Crippen molar-refractivity contribution in [2.75, 3.05) is 13.3 Å². The van der Waals surface area contributed by atoms with Crippen molar-refractivity contribution in [3.05, 3.63) is 82.6 Å². The maximum atomic E-state index is 8.79. The van der Waals surface area contributed by atoms with Gasteiger partial charge in [-0.15, -0.1) is 20.8 Å². The van der Waals surface area contributed by atoms with Crippen LogP contribution in [0.1, 0.15) is 12.0 Å². The fourth-order valence-electron chi connectivity index (χ4n) is 2.10. The molecule has 1 aliphatic heterocycles. The van der Waals surface area contributed by atoms with Gasteiger partial charge in [0.15, 0.2) is 0 Å². The standard InChI is InChI=1S/C18H18ClNO.CH5P/c1-2-15(6-3-4-11-21)17-8-5-7-16-12-14(13-19)9-10-18(16)20-17;1-2/h2-4,6-10,12,21H,1,5,11,13H2;2H2,1H3/b4-3+,15-6+;. The van der Waals surface area contributed by atoms with Crippen LogP contribution in [0.5, 0.6) is 0 Å². The van der Waals surface area contributed by atoms with Gasteiger partial charge in [-0.05, 0) is 34.9 Å². The summed E-state index contributed by atoms with van der Waals surface area (Å²) in [5.74, 6) is 0.505. The van der Waals surface area contributed by atoms with Crippen LogP contribution in [0.4, 0.5) is 0 Å². The monoisotopic (exact) mass is 347 g/mol. The van der Waals surface area contributed by atoms with E-state index >= 15 is 0 Å². The van der Waals surface area contributed by atoms with Crippen LogP contribution in [0.3, 0.4) is 0 Å². The van der Waals surface area contributed by atoms with Gasteiger partial charge in [0, 0.05) is 5.88 Å². The smallest absolute Gasteiger partial charge is 0.0706 e. The number of aliphatic hydroxyl groups excluding tert-OH is 1. The number of benzene rings is 1. The average molecular weight is 348 g/mol. The highest BCUT2D eigenvalue weighted by molar-refractivity contribution is 7.15. The molecule has 2 nitrogen and oxygen atoms in total. The van der Waals surface area contributed by atoms with Crippen LogP contribution in [0.15, 0.2) is 71.4 Å². The molecule has 1 aliphatic rings. The van der Waals surface area contributed by atoms with E-state index < -0.39 is 0 Å². The molecular formula is C19H23ClNOP. The van der Waals surface area contributed by atoms with Crippen molar-refractivity contribution in [2.24, 2.45) is 4.99 Å². The highest BCUT2D eigenvalue weighted by Gasteiger charge is 2.02. The molecule has 2 rings (SSSR count). The number of hydrogen-bond acceptors (Lipinski definition) is 2. The van der Waals surface area contributed by atoms with E-state index in [0.717, 1.165) is 33.8 Å². The Morgan fingerprint density at radius 1 is 1.39 bits per heavy atom. The van der Waals surface area contributed by atoms with Gasteiger partial charge in [0.2, 0.25) is 0 Å². The van der Waals surface area contributed by atoms with Crippen LogP contribution in [0.2, 0.25) is 0 Å². The predicted octanol–water partition coefficient (Wildman–Crippen LogP) is 3.27. The number of nitrogens with zero attached hydrogens (tertiary/aromatic N) is 1. The number of aliphatic hydroxyl groups is 1. The van der Waals surface area contributed by atoms with Crippen LogP contribution < -0.4 is 10.6 Å². The summed E-state index contributed by atoms with van der Waals surface area (Å²) < 4.78 is 0. The van der Waals surface area contributed by atoms with E-state index in [1.54, 1.807) is 18.2 Å². The predicted molar refractivity (Wildman–Crippen MR) is 104 cm³/mol. The largest absolute Gasteiger partial charge is 0.392 e. The highest BCUT2D eigenvalue weighted by Crippen LogP contribution is 2.14. The Bertz CT molecular complexity index is 732. The SMILES string of the molecule is C=C/C(=C\C=C\CO)C1=CCC=c2cc(CCl)ccc2=N1.CP. The molecule has 1 atom stereocenters. The fraction of sp³-hybridized carbons (Fsp3) is 0.211. The van der Waals surface area contributed by atoms with Gasteiger partial charge in [-0.3, -0.25) is 0 Å². The lowest BCUT2D eigenvalue weighted by Gasteiger charge is -2.01. The molecule has 23 heavy (non-hydrogen) atoms. The summed E-state index contributed by atoms with van der Waals surface area (Å²) in [5.41, 5.74) is 2.92. The summed E-state index contributed by atoms with van der Waals surface area (Å²) in [5, 5.41) is 10.8. The van der Waals surface area contributed by atoms with Gasteiger partial charge in [-0.25, -0.2) is 4.99 Å². The molecule has 1 unspecified atom stereocenters. The van der Waals surface area contributed by atoms with E-state index in [0.29, 0.717) is 5.88 Å². The first-order chi connectivity index (χ1) is 11.3. The summed E-state index contributed by atoms with van der Waals surface area (Å²) >= 11 is 5.87. The maximum absolute atomic E-state index is 8.79. The van der Waals surface area contributed by atoms with Crippen LogP contribution in [0, 0.1) is 0 Å². The highest BCUT2D eigenvalue weighted by atomic mass is 35.5. The lowest BCUT2D eigenvalue weighted by Crippen LogP contribution is -2.24. The third kappa shape index (κ3) is 5.91. The van der Waals surface area contributed by atoms with E-state index in [1.807, 2.05) is 24.9 Å². The van der Waals surface area contributed by atoms with Crippen LogP contribution in [-0.2, 0) is 5.88 Å². The van der Waals surface area contributed by atoms with Crippen molar-refractivity contribution in [3.63, 3.8) is 0 Å². The Morgan fingerprint density at radius 2 is 2.17 bits per heavy atom. The van der Waals surface area contributed by atoms with Gasteiger partial charge in [0.25, 0.3) is 0 Å². The van der Waals surface area contributed by atoms with Crippen molar-refractivity contribution >= 4 is 26.9 Å². The summed E-state index contributed by atoms with van der Waals surface area (Å²) in [6.07, 6.45) is 12.2. The lowest BCUT2D eigenvalue weighted by atomic mass is 10.1. The first-order valence-electron chi connectivity index (χ1n) is 7.40. The molecular weight excluding hydrogens is 325 g/mol. The molecule has 0 fully saturated rings. The Labute approximate surface area is 145 Å². The second-order valence-corrected chi connectivity index (χ2v) is 4.87. The summed E-state index contributed by atoms with van der Waals surface area (Å²) in [6.45, 7) is 5.78. The van der Waals surface area contributed by atoms with E-state index in [4.69, 9.17) is 21.7 Å². The minimum absolute atomic E-state index is 0.0227. The summed E-state index contributed by atoms with van der Waals surface area (Å²) in [4.78, 5) is 4.72. The van der Waals surface area contributed by atoms with Crippen molar-refractivity contribution < 1.29 is 5.11 Å². The Kier molecular flexibility index (Phi) is 9.47. The van der Waals surface area contributed by atoms with Gasteiger partial charge in [-0.2, -0.15) is 0 Å². The zero-order valence-corrected chi connectivity index (χ0v) is 15.3. The molecule has 1 aromatic carbocycles. The minimum Gasteiger partial charge on any atom is -0.392 e. The molecule has 0 aromatic heterocycles. The number of rotatable bonds is 5. The second kappa shape index (κ2) is 11.1. The quantitative estimate of drug-likeness (QED) is 0.495. The van der Waals surface area contributed by atoms with Gasteiger partial charge < -0.3 is 5.11 Å². The zero-order chi connectivity index (χ0) is 17.1. The molecule has 4 heteroatoms. The molecule has 0 aliphatic carbocycles. The molecule has 0 spiro atoms. The molecule has 1 N–H and O–H groups in total. The van der Waals surface area contributed by atoms with E-state index in [2.05, 4.69) is 34.0 Å². The normalized spacial score (nSPS) is 13.7. The number of hydrogen-bond donors (Lipinski definition) is 1. The summed E-state index contributed by atoms with van der Waals surface area (Å²) in [7, 11) is 2.42. The first kappa shape index (κ1) is 19.6. The topological polar surface area (TPSA) is 32.6 Å². The second-order valence-electron chi connectivity index (χ2n) is 4.60. The molecule has 1 heterocycles. The molecule has 0 amide bonds. The lowest BCUT2D eigenvalue weighted by molar-refractivity contribution is 0.343. The van der Waals surface area contributed by atoms with Crippen molar-refractivity contribution in [1.29, 1.82) is 0 Å². The van der Waals surface area contributed by atoms with Gasteiger partial charge in [0.1, 0.15) is 0 Å². The van der Waals surface area contributed by atoms with Crippen molar-refractivity contribution in [1.82, 2.24) is 0 Å². The van der Waals surface area contributed by atoms with Crippen LogP contribution in [0.25, 0.3) is 6.08 Å². The fourth-order valence-corrected chi connectivity index (χ4v) is 2.26. The van der Waals surface area contributed by atoms with Gasteiger partial charge in [0.05, 0.1) is 17.7 Å². The molecule has 0 saturated carbocycles. The maximum Gasteiger partial charge on any atom is 0.0706 e. The molecule has 0 bridgehead atoms. The van der Waals surface area contributed by atoms with Crippen LogP contribution >= 0.6 is 20.8 Å². The number of halogens is 1. The Balaban J connectivity index is 0.00000127. The van der Waals surface area contributed by atoms with Gasteiger partial charge >= 0.3 is 0 Å². The van der Waals surface area contributed by atoms with E-state index in [1.165, 1.54) is 0 Å². The summed E-state index contributed by atoms with van der Waals surface area (Å²) in [6, 6.07) is 6.06. The number of alkyl halides is 1.